The van der Waals surface area contributed by atoms with Gasteiger partial charge in [0, 0.05) is 0 Å². The first-order valence-corrected chi connectivity index (χ1v) is 7.04. The topological polar surface area (TPSA) is 87.8 Å². The molecule has 0 aromatic heterocycles. The zero-order chi connectivity index (χ0) is 15.3. The fraction of sp³-hybridized carbons (Fsp3) is 0.533. The van der Waals surface area contributed by atoms with Gasteiger partial charge in [0.1, 0.15) is 5.60 Å². The van der Waals surface area contributed by atoms with E-state index in [2.05, 4.69) is 16.7 Å². The average molecular weight is 292 g/mol. The van der Waals surface area contributed by atoms with E-state index in [0.29, 0.717) is 19.4 Å². The Labute approximate surface area is 123 Å². The molecule has 0 aromatic rings. The Kier molecular flexibility index (Phi) is 4.90. The summed E-state index contributed by atoms with van der Waals surface area (Å²) >= 11 is 0. The third-order valence-electron chi connectivity index (χ3n) is 3.66. The van der Waals surface area contributed by atoms with Crippen molar-refractivity contribution in [3.05, 3.63) is 23.8 Å². The number of carbonyl (C=O) groups excluding carboxylic acids is 3. The summed E-state index contributed by atoms with van der Waals surface area (Å²) in [6.07, 6.45) is 8.78. The quantitative estimate of drug-likeness (QED) is 0.495. The first kappa shape index (κ1) is 15.4. The minimum absolute atomic E-state index is 0.114. The zero-order valence-electron chi connectivity index (χ0n) is 12.1. The second-order valence-corrected chi connectivity index (χ2v) is 5.50. The molecule has 0 aromatic carbocycles. The van der Waals surface area contributed by atoms with E-state index >= 15 is 0 Å². The second-order valence-electron chi connectivity index (χ2n) is 5.50. The monoisotopic (exact) mass is 292 g/mol. The van der Waals surface area contributed by atoms with Crippen LogP contribution in [-0.4, -0.2) is 42.9 Å². The highest BCUT2D eigenvalue weighted by Crippen LogP contribution is 2.30. The summed E-state index contributed by atoms with van der Waals surface area (Å²) in [7, 11) is 0. The summed E-state index contributed by atoms with van der Waals surface area (Å²) in [6.45, 7) is 1.99. The second kappa shape index (κ2) is 6.67. The number of Topliss-reactive ketones (excluding diaryl/α,β-unsaturated/α-hetero) is 1. The highest BCUT2D eigenvalue weighted by atomic mass is 16.6. The lowest BCUT2D eigenvalue weighted by atomic mass is 9.91. The van der Waals surface area contributed by atoms with Crippen LogP contribution in [0.1, 0.15) is 26.2 Å². The van der Waals surface area contributed by atoms with E-state index in [1.165, 1.54) is 0 Å². The van der Waals surface area contributed by atoms with Crippen molar-refractivity contribution in [2.45, 2.75) is 37.8 Å². The maximum Gasteiger partial charge on any atom is 0.239 e. The van der Waals surface area contributed by atoms with Crippen molar-refractivity contribution in [2.75, 3.05) is 13.2 Å². The van der Waals surface area contributed by atoms with E-state index in [-0.39, 0.29) is 18.2 Å². The first-order chi connectivity index (χ1) is 10.0. The Morgan fingerprint density at radius 2 is 2.29 bits per heavy atom. The smallest absolute Gasteiger partial charge is 0.239 e. The van der Waals surface area contributed by atoms with Crippen LogP contribution in [0.15, 0.2) is 23.8 Å². The van der Waals surface area contributed by atoms with Gasteiger partial charge in [0.05, 0.1) is 19.2 Å². The molecule has 21 heavy (non-hydrogen) atoms. The predicted octanol–water partition coefficient (Wildman–Crippen LogP) is 0.242. The summed E-state index contributed by atoms with van der Waals surface area (Å²) in [5, 5.41) is 4.98. The number of carbonyl (C=O) groups is 3. The number of amides is 2. The molecular weight excluding hydrogens is 272 g/mol. The molecule has 2 amide bonds. The van der Waals surface area contributed by atoms with Gasteiger partial charge in [-0.2, -0.15) is 0 Å². The van der Waals surface area contributed by atoms with Gasteiger partial charge in [-0.3, -0.25) is 14.4 Å². The molecule has 114 valence electrons. The summed E-state index contributed by atoms with van der Waals surface area (Å²) in [5.74, 6) is -0.492. The van der Waals surface area contributed by atoms with Crippen LogP contribution in [0.5, 0.6) is 0 Å². The van der Waals surface area contributed by atoms with Gasteiger partial charge in [-0.05, 0) is 26.2 Å². The molecule has 2 atom stereocenters. The number of epoxide rings is 1. The molecule has 1 aliphatic heterocycles. The number of hydrogen-bond acceptors (Lipinski definition) is 4. The largest absolute Gasteiger partial charge is 0.361 e. The molecule has 1 saturated heterocycles. The van der Waals surface area contributed by atoms with Crippen molar-refractivity contribution in [1.29, 1.82) is 0 Å². The Morgan fingerprint density at radius 3 is 2.86 bits per heavy atom. The average Bonchev–Trinajstić information content (AvgIpc) is 3.24. The van der Waals surface area contributed by atoms with Gasteiger partial charge >= 0.3 is 0 Å². The van der Waals surface area contributed by atoms with E-state index in [4.69, 9.17) is 4.74 Å². The number of allylic oxidation sites excluding steroid dienone is 3. The Balaban J connectivity index is 2.01. The number of rotatable bonds is 8. The molecule has 2 rings (SSSR count). The molecule has 0 bridgehead atoms. The van der Waals surface area contributed by atoms with Gasteiger partial charge in [0.25, 0.3) is 0 Å². The third-order valence-corrected chi connectivity index (χ3v) is 3.66. The predicted molar refractivity (Wildman–Crippen MR) is 76.4 cm³/mol. The SMILES string of the molecule is C[C@]1(C(=O)C(CC2=CC=CCC2)NC(=O)CNC=O)CO1. The maximum atomic E-state index is 12.4. The van der Waals surface area contributed by atoms with E-state index in [1.54, 1.807) is 6.92 Å². The van der Waals surface area contributed by atoms with Crippen molar-refractivity contribution in [3.8, 4) is 0 Å². The van der Waals surface area contributed by atoms with Gasteiger partial charge < -0.3 is 15.4 Å². The number of ether oxygens (including phenoxy) is 1. The fourth-order valence-electron chi connectivity index (χ4n) is 2.29. The minimum atomic E-state index is -0.777. The van der Waals surface area contributed by atoms with Gasteiger partial charge in [-0.25, -0.2) is 0 Å². The van der Waals surface area contributed by atoms with Crippen LogP contribution in [0.25, 0.3) is 0 Å². The van der Waals surface area contributed by atoms with Crippen LogP contribution >= 0.6 is 0 Å². The molecule has 6 heteroatoms. The summed E-state index contributed by atoms with van der Waals surface area (Å²) < 4.78 is 5.18. The van der Waals surface area contributed by atoms with Crippen LogP contribution in [0.3, 0.4) is 0 Å². The Hall–Kier alpha value is -1.95. The van der Waals surface area contributed by atoms with Crippen molar-refractivity contribution in [3.63, 3.8) is 0 Å². The van der Waals surface area contributed by atoms with Crippen molar-refractivity contribution in [1.82, 2.24) is 10.6 Å². The third kappa shape index (κ3) is 4.26. The summed E-state index contributed by atoms with van der Waals surface area (Å²) in [6, 6.07) is -0.615. The Bertz CT molecular complexity index is 492. The van der Waals surface area contributed by atoms with Gasteiger partial charge in [0.2, 0.25) is 12.3 Å². The van der Waals surface area contributed by atoms with Gasteiger partial charge in [-0.1, -0.05) is 23.8 Å². The fourth-order valence-corrected chi connectivity index (χ4v) is 2.29. The summed E-state index contributed by atoms with van der Waals surface area (Å²) in [5.41, 5.74) is 0.352. The molecule has 6 nitrogen and oxygen atoms in total. The van der Waals surface area contributed by atoms with Crippen molar-refractivity contribution in [2.24, 2.45) is 0 Å². The number of ketones is 1. The van der Waals surface area contributed by atoms with Crippen LogP contribution in [0, 0.1) is 0 Å². The molecule has 0 radical (unpaired) electrons. The molecule has 1 fully saturated rings. The lowest BCUT2D eigenvalue weighted by Crippen LogP contribution is -2.48. The normalized spacial score (nSPS) is 24.7. The van der Waals surface area contributed by atoms with E-state index in [1.807, 2.05) is 12.2 Å². The Morgan fingerprint density at radius 1 is 1.52 bits per heavy atom. The molecule has 0 spiro atoms. The zero-order valence-corrected chi connectivity index (χ0v) is 12.1. The summed E-state index contributed by atoms with van der Waals surface area (Å²) in [4.78, 5) is 34.4. The van der Waals surface area contributed by atoms with E-state index < -0.39 is 11.6 Å². The molecule has 2 aliphatic rings. The van der Waals surface area contributed by atoms with Crippen LogP contribution < -0.4 is 10.6 Å². The highest BCUT2D eigenvalue weighted by molar-refractivity contribution is 5.97. The first-order valence-electron chi connectivity index (χ1n) is 7.04. The maximum absolute atomic E-state index is 12.4. The van der Waals surface area contributed by atoms with Crippen LogP contribution in [0.4, 0.5) is 0 Å². The van der Waals surface area contributed by atoms with Crippen molar-refractivity contribution < 1.29 is 19.1 Å². The molecule has 1 unspecified atom stereocenters. The van der Waals surface area contributed by atoms with E-state index in [9.17, 15) is 14.4 Å². The van der Waals surface area contributed by atoms with Crippen molar-refractivity contribution >= 4 is 18.1 Å². The standard InChI is InChI=1S/C15H20N2O4/c1-15(9-21-15)14(20)12(17-13(19)8-16-10-18)7-11-5-3-2-4-6-11/h2-3,5,10,12H,4,6-9H2,1H3,(H,16,18)(H,17,19)/t12?,15-/m1/s1. The molecule has 2 N–H and O–H groups in total. The highest BCUT2D eigenvalue weighted by Gasteiger charge is 2.50. The minimum Gasteiger partial charge on any atom is -0.361 e. The number of nitrogens with one attached hydrogen (secondary N) is 2. The number of hydrogen-bond donors (Lipinski definition) is 2. The van der Waals surface area contributed by atoms with Gasteiger partial charge in [-0.15, -0.1) is 0 Å². The molecule has 0 saturated carbocycles. The molecular formula is C15H20N2O4. The van der Waals surface area contributed by atoms with Gasteiger partial charge in [0.15, 0.2) is 5.78 Å². The van der Waals surface area contributed by atoms with E-state index in [0.717, 1.165) is 18.4 Å². The van der Waals surface area contributed by atoms with Crippen LogP contribution in [0.2, 0.25) is 0 Å². The lowest BCUT2D eigenvalue weighted by molar-refractivity contribution is -0.130. The molecule has 1 aliphatic carbocycles. The lowest BCUT2D eigenvalue weighted by Gasteiger charge is -2.21. The molecule has 1 heterocycles. The van der Waals surface area contributed by atoms with Crippen LogP contribution in [-0.2, 0) is 19.1 Å².